The molecule has 1 heterocycles. The second-order valence-corrected chi connectivity index (χ2v) is 7.54. The molecule has 28 heavy (non-hydrogen) atoms. The van der Waals surface area contributed by atoms with Gasteiger partial charge in [0.1, 0.15) is 5.82 Å². The van der Waals surface area contributed by atoms with Gasteiger partial charge in [-0.3, -0.25) is 4.79 Å². The van der Waals surface area contributed by atoms with Crippen LogP contribution in [0.3, 0.4) is 0 Å². The van der Waals surface area contributed by atoms with Crippen molar-refractivity contribution < 1.29 is 4.79 Å². The van der Waals surface area contributed by atoms with E-state index < -0.39 is 0 Å². The molecule has 0 saturated heterocycles. The van der Waals surface area contributed by atoms with Crippen molar-refractivity contribution in [3.05, 3.63) is 76.7 Å². The SMILES string of the molecule is Cc1nc(-c2cccc(C(=O)N(C)Cc3ccccc3CN(C)C)c2)c(C)[nH]1. The number of hydrogen-bond donors (Lipinski definition) is 1. The molecule has 1 amide bonds. The summed E-state index contributed by atoms with van der Waals surface area (Å²) in [7, 11) is 5.96. The molecule has 146 valence electrons. The van der Waals surface area contributed by atoms with Crippen LogP contribution in [-0.4, -0.2) is 46.8 Å². The number of nitrogens with zero attached hydrogens (tertiary/aromatic N) is 3. The molecule has 0 aliphatic rings. The Morgan fingerprint density at radius 1 is 0.964 bits per heavy atom. The molecule has 0 spiro atoms. The van der Waals surface area contributed by atoms with Gasteiger partial charge < -0.3 is 14.8 Å². The number of nitrogens with one attached hydrogen (secondary N) is 1. The number of carbonyl (C=O) groups excluding carboxylic acids is 1. The zero-order chi connectivity index (χ0) is 20.3. The van der Waals surface area contributed by atoms with Gasteiger partial charge in [-0.2, -0.15) is 0 Å². The largest absolute Gasteiger partial charge is 0.346 e. The average Bonchev–Trinajstić information content (AvgIpc) is 3.00. The lowest BCUT2D eigenvalue weighted by Gasteiger charge is -2.21. The topological polar surface area (TPSA) is 52.2 Å². The molecule has 0 bridgehead atoms. The second-order valence-electron chi connectivity index (χ2n) is 7.54. The van der Waals surface area contributed by atoms with Crippen LogP contribution >= 0.6 is 0 Å². The van der Waals surface area contributed by atoms with Gasteiger partial charge in [0.15, 0.2) is 0 Å². The summed E-state index contributed by atoms with van der Waals surface area (Å²) in [4.78, 5) is 24.7. The number of imidazole rings is 1. The van der Waals surface area contributed by atoms with Gasteiger partial charge in [-0.25, -0.2) is 4.98 Å². The van der Waals surface area contributed by atoms with Crippen molar-refractivity contribution in [1.82, 2.24) is 19.8 Å². The number of amides is 1. The summed E-state index contributed by atoms with van der Waals surface area (Å²) >= 11 is 0. The molecular formula is C23H28N4O. The lowest BCUT2D eigenvalue weighted by Crippen LogP contribution is -2.27. The first kappa shape index (κ1) is 19.8. The Bertz CT molecular complexity index is 974. The van der Waals surface area contributed by atoms with Gasteiger partial charge in [-0.1, -0.05) is 36.4 Å². The number of aromatic amines is 1. The summed E-state index contributed by atoms with van der Waals surface area (Å²) in [6.45, 7) is 5.36. The zero-order valence-electron chi connectivity index (χ0n) is 17.3. The Morgan fingerprint density at radius 3 is 2.25 bits per heavy atom. The highest BCUT2D eigenvalue weighted by Gasteiger charge is 2.16. The number of rotatable bonds is 6. The smallest absolute Gasteiger partial charge is 0.253 e. The third-order valence-electron chi connectivity index (χ3n) is 4.75. The number of aryl methyl sites for hydroxylation is 2. The van der Waals surface area contributed by atoms with E-state index in [0.29, 0.717) is 12.1 Å². The quantitative estimate of drug-likeness (QED) is 0.707. The summed E-state index contributed by atoms with van der Waals surface area (Å²) in [5.74, 6) is 0.880. The summed E-state index contributed by atoms with van der Waals surface area (Å²) < 4.78 is 0. The van der Waals surface area contributed by atoms with Crippen molar-refractivity contribution >= 4 is 5.91 Å². The summed E-state index contributed by atoms with van der Waals surface area (Å²) in [6, 6.07) is 16.0. The minimum absolute atomic E-state index is 0.00594. The van der Waals surface area contributed by atoms with Crippen LogP contribution < -0.4 is 0 Å². The molecule has 0 unspecified atom stereocenters. The first-order chi connectivity index (χ1) is 13.3. The van der Waals surface area contributed by atoms with Crippen LogP contribution in [0.1, 0.15) is 33.0 Å². The van der Waals surface area contributed by atoms with E-state index in [1.165, 1.54) is 11.1 Å². The molecule has 1 aromatic heterocycles. The van der Waals surface area contributed by atoms with Crippen molar-refractivity contribution in [2.75, 3.05) is 21.1 Å². The maximum atomic E-state index is 13.0. The fourth-order valence-corrected chi connectivity index (χ4v) is 3.45. The fourth-order valence-electron chi connectivity index (χ4n) is 3.45. The number of aromatic nitrogens is 2. The van der Waals surface area contributed by atoms with E-state index in [-0.39, 0.29) is 5.91 Å². The molecule has 3 rings (SSSR count). The third kappa shape index (κ3) is 4.49. The van der Waals surface area contributed by atoms with Crippen molar-refractivity contribution in [2.45, 2.75) is 26.9 Å². The van der Waals surface area contributed by atoms with Crippen LogP contribution in [0.15, 0.2) is 48.5 Å². The monoisotopic (exact) mass is 376 g/mol. The maximum absolute atomic E-state index is 13.0. The summed E-state index contributed by atoms with van der Waals surface area (Å²) in [6.07, 6.45) is 0. The molecule has 1 N–H and O–H groups in total. The van der Waals surface area contributed by atoms with E-state index in [4.69, 9.17) is 0 Å². The lowest BCUT2D eigenvalue weighted by atomic mass is 10.0. The molecule has 5 nitrogen and oxygen atoms in total. The average molecular weight is 377 g/mol. The van der Waals surface area contributed by atoms with Gasteiger partial charge in [-0.15, -0.1) is 0 Å². The number of benzene rings is 2. The number of H-pyrrole nitrogens is 1. The normalized spacial score (nSPS) is 11.1. The van der Waals surface area contributed by atoms with Gasteiger partial charge in [0, 0.05) is 37.0 Å². The van der Waals surface area contributed by atoms with E-state index in [1.54, 1.807) is 4.90 Å². The van der Waals surface area contributed by atoms with E-state index in [2.05, 4.69) is 41.1 Å². The molecule has 0 radical (unpaired) electrons. The Hall–Kier alpha value is -2.92. The Morgan fingerprint density at radius 2 is 1.64 bits per heavy atom. The van der Waals surface area contributed by atoms with Crippen LogP contribution in [0.5, 0.6) is 0 Å². The van der Waals surface area contributed by atoms with Crippen LogP contribution in [-0.2, 0) is 13.1 Å². The van der Waals surface area contributed by atoms with Crippen molar-refractivity contribution in [1.29, 1.82) is 0 Å². The van der Waals surface area contributed by atoms with Gasteiger partial charge in [0.05, 0.1) is 5.69 Å². The summed E-state index contributed by atoms with van der Waals surface area (Å²) in [5.41, 5.74) is 5.93. The van der Waals surface area contributed by atoms with Gasteiger partial charge in [0.25, 0.3) is 5.91 Å². The Labute approximate surface area is 167 Å². The minimum Gasteiger partial charge on any atom is -0.346 e. The predicted octanol–water partition coefficient (Wildman–Crippen LogP) is 4.03. The van der Waals surface area contributed by atoms with Gasteiger partial charge >= 0.3 is 0 Å². The lowest BCUT2D eigenvalue weighted by molar-refractivity contribution is 0.0784. The third-order valence-corrected chi connectivity index (χ3v) is 4.75. The maximum Gasteiger partial charge on any atom is 0.253 e. The second kappa shape index (κ2) is 8.40. The molecule has 0 fully saturated rings. The highest BCUT2D eigenvalue weighted by molar-refractivity contribution is 5.95. The van der Waals surface area contributed by atoms with Gasteiger partial charge in [-0.05, 0) is 51.2 Å². The zero-order valence-corrected chi connectivity index (χ0v) is 17.3. The van der Waals surface area contributed by atoms with Crippen LogP contribution in [0.25, 0.3) is 11.3 Å². The first-order valence-electron chi connectivity index (χ1n) is 9.45. The van der Waals surface area contributed by atoms with Gasteiger partial charge in [0.2, 0.25) is 0 Å². The van der Waals surface area contributed by atoms with E-state index in [1.807, 2.05) is 57.3 Å². The first-order valence-corrected chi connectivity index (χ1v) is 9.45. The fraction of sp³-hybridized carbons (Fsp3) is 0.304. The van der Waals surface area contributed by atoms with E-state index >= 15 is 0 Å². The van der Waals surface area contributed by atoms with Crippen molar-refractivity contribution in [3.63, 3.8) is 0 Å². The molecular weight excluding hydrogens is 348 g/mol. The minimum atomic E-state index is 0.00594. The van der Waals surface area contributed by atoms with Crippen LogP contribution in [0.2, 0.25) is 0 Å². The molecule has 2 aromatic carbocycles. The molecule has 3 aromatic rings. The van der Waals surface area contributed by atoms with Crippen LogP contribution in [0, 0.1) is 13.8 Å². The number of hydrogen-bond acceptors (Lipinski definition) is 3. The molecule has 0 saturated carbocycles. The predicted molar refractivity (Wildman–Crippen MR) is 113 cm³/mol. The Balaban J connectivity index is 1.81. The molecule has 5 heteroatoms. The number of carbonyl (C=O) groups is 1. The molecule has 0 aliphatic carbocycles. The van der Waals surface area contributed by atoms with E-state index in [9.17, 15) is 4.79 Å². The Kier molecular flexibility index (Phi) is 5.95. The van der Waals surface area contributed by atoms with Crippen molar-refractivity contribution in [2.24, 2.45) is 0 Å². The summed E-state index contributed by atoms with van der Waals surface area (Å²) in [5, 5.41) is 0. The standard InChI is InChI=1S/C23H28N4O/c1-16-22(25-17(2)24-16)18-11-8-12-19(13-18)23(28)27(5)15-21-10-7-6-9-20(21)14-26(3)4/h6-13H,14-15H2,1-5H3,(H,24,25). The highest BCUT2D eigenvalue weighted by Crippen LogP contribution is 2.23. The van der Waals surface area contributed by atoms with E-state index in [0.717, 1.165) is 29.3 Å². The van der Waals surface area contributed by atoms with Crippen molar-refractivity contribution in [3.8, 4) is 11.3 Å². The molecule has 0 atom stereocenters. The highest BCUT2D eigenvalue weighted by atomic mass is 16.2. The molecule has 0 aliphatic heterocycles. The van der Waals surface area contributed by atoms with Crippen LogP contribution in [0.4, 0.5) is 0 Å².